The van der Waals surface area contributed by atoms with Crippen LogP contribution in [0, 0.1) is 16.0 Å². The van der Waals surface area contributed by atoms with E-state index in [9.17, 15) is 18.5 Å². The normalized spacial score (nSPS) is 19.1. The fourth-order valence-electron chi connectivity index (χ4n) is 2.71. The first kappa shape index (κ1) is 19.6. The summed E-state index contributed by atoms with van der Waals surface area (Å²) in [4.78, 5) is 12.5. The lowest BCUT2D eigenvalue weighted by atomic mass is 10.1. The molecule has 1 heterocycles. The molecule has 1 fully saturated rings. The molecule has 0 unspecified atom stereocenters. The van der Waals surface area contributed by atoms with Crippen LogP contribution in [0.15, 0.2) is 23.1 Å². The minimum atomic E-state index is -4.00. The fraction of sp³-hybridized carbons (Fsp3) is 0.533. The van der Waals surface area contributed by atoms with Crippen molar-refractivity contribution in [3.05, 3.63) is 34.2 Å². The third kappa shape index (κ3) is 5.63. The molecular weight excluding hydrogens is 348 g/mol. The Morgan fingerprint density at radius 2 is 2.20 bits per heavy atom. The number of hydrogen-bond donors (Lipinski definition) is 2. The van der Waals surface area contributed by atoms with E-state index in [1.807, 2.05) is 0 Å². The van der Waals surface area contributed by atoms with Crippen LogP contribution in [0.25, 0.3) is 0 Å². The van der Waals surface area contributed by atoms with E-state index in [4.69, 9.17) is 9.88 Å². The second-order valence-corrected chi connectivity index (χ2v) is 7.86. The average Bonchev–Trinajstić information content (AvgIpc) is 2.51. The number of benzene rings is 1. The van der Waals surface area contributed by atoms with E-state index in [-0.39, 0.29) is 22.4 Å². The van der Waals surface area contributed by atoms with Crippen LogP contribution >= 0.6 is 0 Å². The average molecular weight is 371 g/mol. The van der Waals surface area contributed by atoms with E-state index in [0.29, 0.717) is 13.2 Å². The van der Waals surface area contributed by atoms with Gasteiger partial charge < -0.3 is 10.1 Å². The maximum atomic E-state index is 11.4. The number of rotatable bonds is 7. The summed E-state index contributed by atoms with van der Waals surface area (Å²) in [5.41, 5.74) is -0.103. The minimum absolute atomic E-state index is 0.106. The first-order valence-corrected chi connectivity index (χ1v) is 9.39. The summed E-state index contributed by atoms with van der Waals surface area (Å²) >= 11 is 0. The minimum Gasteiger partial charge on any atom is -0.377 e. The number of nitrogens with two attached hydrogens (primary N) is 1. The predicted octanol–water partition coefficient (Wildman–Crippen LogP) is 0.969. The molecule has 0 aromatic heterocycles. The quantitative estimate of drug-likeness (QED) is 0.540. The Morgan fingerprint density at radius 3 is 2.80 bits per heavy atom. The van der Waals surface area contributed by atoms with E-state index in [1.165, 1.54) is 18.1 Å². The zero-order valence-corrected chi connectivity index (χ0v) is 15.1. The van der Waals surface area contributed by atoms with Crippen molar-refractivity contribution in [2.24, 2.45) is 5.14 Å². The molecule has 0 amide bonds. The van der Waals surface area contributed by atoms with Crippen molar-refractivity contribution in [3.63, 3.8) is 0 Å². The molecule has 2 rings (SSSR count). The standard InChI is InChI=1S/C15H23N4O5S/c1-11(2)9-18-5-6-24-12(10-18)8-17-14-4-3-13(25(16,22)23)7-15(14)19(20)21/h3-4,7,12,17H,5-6,8-10H2,1-2H3,(H2,16,22,23)/t12-/m0/s1. The zero-order valence-electron chi connectivity index (χ0n) is 14.3. The van der Waals surface area contributed by atoms with Crippen molar-refractivity contribution in [2.75, 3.05) is 38.1 Å². The van der Waals surface area contributed by atoms with Gasteiger partial charge in [-0.05, 0) is 18.1 Å². The molecule has 1 aromatic rings. The molecule has 0 bridgehead atoms. The van der Waals surface area contributed by atoms with Gasteiger partial charge in [-0.25, -0.2) is 13.6 Å². The third-order valence-corrected chi connectivity index (χ3v) is 4.69. The number of hydrogen-bond acceptors (Lipinski definition) is 7. The zero-order chi connectivity index (χ0) is 18.6. The van der Waals surface area contributed by atoms with Gasteiger partial charge in [-0.15, -0.1) is 0 Å². The fourth-order valence-corrected chi connectivity index (χ4v) is 3.24. The number of sulfonamides is 1. The van der Waals surface area contributed by atoms with E-state index >= 15 is 0 Å². The lowest BCUT2D eigenvalue weighted by Gasteiger charge is -2.34. The molecule has 1 atom stereocenters. The summed E-state index contributed by atoms with van der Waals surface area (Å²) in [7, 11) is -4.00. The molecule has 25 heavy (non-hydrogen) atoms. The number of morpholine rings is 1. The summed E-state index contributed by atoms with van der Waals surface area (Å²) in [6.07, 6.45) is -0.106. The van der Waals surface area contributed by atoms with Crippen LogP contribution in [0.5, 0.6) is 0 Å². The Labute approximate surface area is 147 Å². The summed E-state index contributed by atoms with van der Waals surface area (Å²) in [5, 5.41) is 19.2. The second-order valence-electron chi connectivity index (χ2n) is 6.30. The Kier molecular flexibility index (Phi) is 6.33. The van der Waals surface area contributed by atoms with Crippen LogP contribution in [0.3, 0.4) is 0 Å². The smallest absolute Gasteiger partial charge is 0.293 e. The molecule has 9 nitrogen and oxygen atoms in total. The lowest BCUT2D eigenvalue weighted by Crippen LogP contribution is -2.46. The lowest BCUT2D eigenvalue weighted by molar-refractivity contribution is -0.384. The van der Waals surface area contributed by atoms with Gasteiger partial charge in [0.25, 0.3) is 5.69 Å². The highest BCUT2D eigenvalue weighted by Crippen LogP contribution is 2.27. The van der Waals surface area contributed by atoms with Gasteiger partial charge in [0, 0.05) is 32.2 Å². The predicted molar refractivity (Wildman–Crippen MR) is 93.7 cm³/mol. The first-order valence-electron chi connectivity index (χ1n) is 7.85. The molecule has 10 heteroatoms. The molecule has 0 aliphatic carbocycles. The molecule has 1 radical (unpaired) electrons. The number of nitro benzene ring substituents is 1. The number of ether oxygens (including phenoxy) is 1. The van der Waals surface area contributed by atoms with Crippen molar-refractivity contribution in [1.82, 2.24) is 4.90 Å². The summed E-state index contributed by atoms with van der Waals surface area (Å²) in [6, 6.07) is 3.55. The van der Waals surface area contributed by atoms with Gasteiger partial charge in [0.1, 0.15) is 5.69 Å². The molecule has 1 aromatic carbocycles. The highest BCUT2D eigenvalue weighted by atomic mass is 32.2. The Hall–Kier alpha value is -1.75. The van der Waals surface area contributed by atoms with Crippen molar-refractivity contribution in [2.45, 2.75) is 24.8 Å². The van der Waals surface area contributed by atoms with E-state index < -0.39 is 14.9 Å². The third-order valence-electron chi connectivity index (χ3n) is 3.78. The summed E-state index contributed by atoms with van der Waals surface area (Å²) in [6.45, 7) is 7.59. The second kappa shape index (κ2) is 8.09. The summed E-state index contributed by atoms with van der Waals surface area (Å²) < 4.78 is 28.4. The van der Waals surface area contributed by atoms with Gasteiger partial charge in [0.2, 0.25) is 10.0 Å². The van der Waals surface area contributed by atoms with Crippen LogP contribution in [0.1, 0.15) is 13.8 Å². The number of nitro groups is 1. The van der Waals surface area contributed by atoms with Gasteiger partial charge in [-0.1, -0.05) is 13.8 Å². The van der Waals surface area contributed by atoms with Crippen LogP contribution in [0.2, 0.25) is 0 Å². The SMILES string of the molecule is C[C](C)CN1CCO[C@@H](CNc2ccc(S(N)(=O)=O)cc2[N+](=O)[O-])C1. The van der Waals surface area contributed by atoms with Gasteiger partial charge in [-0.3, -0.25) is 15.0 Å². The maximum absolute atomic E-state index is 11.4. The summed E-state index contributed by atoms with van der Waals surface area (Å²) in [5.74, 6) is 1.31. The Morgan fingerprint density at radius 1 is 1.48 bits per heavy atom. The molecule has 139 valence electrons. The van der Waals surface area contributed by atoms with Gasteiger partial charge in [0.15, 0.2) is 0 Å². The maximum Gasteiger partial charge on any atom is 0.293 e. The first-order chi connectivity index (χ1) is 11.7. The van der Waals surface area contributed by atoms with Gasteiger partial charge in [-0.2, -0.15) is 0 Å². The molecule has 3 N–H and O–H groups in total. The van der Waals surface area contributed by atoms with Crippen molar-refractivity contribution >= 4 is 21.4 Å². The monoisotopic (exact) mass is 371 g/mol. The van der Waals surface area contributed by atoms with Crippen LogP contribution < -0.4 is 10.5 Å². The molecule has 0 spiro atoms. The van der Waals surface area contributed by atoms with E-state index in [0.717, 1.165) is 25.7 Å². The Balaban J connectivity index is 2.06. The highest BCUT2D eigenvalue weighted by molar-refractivity contribution is 7.89. The van der Waals surface area contributed by atoms with E-state index in [2.05, 4.69) is 24.1 Å². The van der Waals surface area contributed by atoms with Crippen LogP contribution in [-0.4, -0.2) is 57.1 Å². The van der Waals surface area contributed by atoms with Gasteiger partial charge in [0.05, 0.1) is 22.5 Å². The number of anilines is 1. The highest BCUT2D eigenvalue weighted by Gasteiger charge is 2.23. The molecular formula is C15H23N4O5S. The Bertz CT molecular complexity index is 723. The van der Waals surface area contributed by atoms with Crippen molar-refractivity contribution in [1.29, 1.82) is 0 Å². The number of primary sulfonamides is 1. The van der Waals surface area contributed by atoms with E-state index in [1.54, 1.807) is 0 Å². The largest absolute Gasteiger partial charge is 0.377 e. The molecule has 1 aliphatic rings. The molecule has 1 saturated heterocycles. The van der Waals surface area contributed by atoms with Gasteiger partial charge >= 0.3 is 0 Å². The van der Waals surface area contributed by atoms with Crippen LogP contribution in [-0.2, 0) is 14.8 Å². The number of nitrogens with zero attached hydrogens (tertiary/aromatic N) is 2. The van der Waals surface area contributed by atoms with Crippen LogP contribution in [0.4, 0.5) is 11.4 Å². The molecule has 1 aliphatic heterocycles. The molecule has 0 saturated carbocycles. The van der Waals surface area contributed by atoms with Crippen molar-refractivity contribution < 1.29 is 18.1 Å². The number of nitrogens with one attached hydrogen (secondary N) is 1. The topological polar surface area (TPSA) is 128 Å². The van der Waals surface area contributed by atoms with Crippen molar-refractivity contribution in [3.8, 4) is 0 Å².